The molecule has 200 valence electrons. The molecule has 1 aromatic heterocycles. The summed E-state index contributed by atoms with van der Waals surface area (Å²) in [6, 6.07) is 19.2. The van der Waals surface area contributed by atoms with Crippen LogP contribution in [0.2, 0.25) is 0 Å². The predicted molar refractivity (Wildman–Crippen MR) is 155 cm³/mol. The lowest BCUT2D eigenvalue weighted by molar-refractivity contribution is -0.118. The Morgan fingerprint density at radius 1 is 1.08 bits per heavy atom. The molecule has 1 aliphatic rings. The molecule has 1 N–H and O–H groups in total. The second-order valence-electron chi connectivity index (χ2n) is 9.90. The lowest BCUT2D eigenvalue weighted by Gasteiger charge is -2.31. The monoisotopic (exact) mass is 540 g/mol. The first kappa shape index (κ1) is 26.6. The van der Waals surface area contributed by atoms with Gasteiger partial charge < -0.3 is 14.7 Å². The van der Waals surface area contributed by atoms with Gasteiger partial charge in [-0.1, -0.05) is 36.4 Å². The number of carbonyl (C=O) groups excluding carboxylic acids is 1. The number of aromatic nitrogens is 1. The van der Waals surface area contributed by atoms with Gasteiger partial charge in [0.15, 0.2) is 0 Å². The number of aromatic carboxylic acids is 1. The summed E-state index contributed by atoms with van der Waals surface area (Å²) < 4.78 is 5.96. The molecule has 0 fully saturated rings. The number of aryl methyl sites for hydroxylation is 1. The Hall–Kier alpha value is -3.97. The molecule has 0 saturated carbocycles. The summed E-state index contributed by atoms with van der Waals surface area (Å²) in [5.41, 5.74) is 6.83. The van der Waals surface area contributed by atoms with Crippen LogP contribution in [-0.4, -0.2) is 35.1 Å². The first-order valence-electron chi connectivity index (χ1n) is 13.3. The fourth-order valence-corrected chi connectivity index (χ4v) is 6.05. The Balaban J connectivity index is 1.26. The molecule has 1 amide bonds. The SMILES string of the molecule is Cc1cccc(OCCCC(=O)N2CCCc3c(-c4cnc(Cc5cccc(C(=O)O)c5)s4)cccc32)c1C. The average molecular weight is 541 g/mol. The van der Waals surface area contributed by atoms with Crippen LogP contribution in [0.4, 0.5) is 5.69 Å². The van der Waals surface area contributed by atoms with Crippen LogP contribution < -0.4 is 9.64 Å². The maximum Gasteiger partial charge on any atom is 0.335 e. The smallest absolute Gasteiger partial charge is 0.335 e. The number of ether oxygens (including phenoxy) is 1. The Labute approximate surface area is 232 Å². The fraction of sp³-hybridized carbons (Fsp3) is 0.281. The molecule has 7 heteroatoms. The van der Waals surface area contributed by atoms with Gasteiger partial charge in [-0.2, -0.15) is 0 Å². The molecular formula is C32H32N2O4S. The molecule has 0 bridgehead atoms. The summed E-state index contributed by atoms with van der Waals surface area (Å²) >= 11 is 1.62. The fourth-order valence-electron chi connectivity index (χ4n) is 5.04. The second-order valence-corrected chi connectivity index (χ2v) is 11.0. The van der Waals surface area contributed by atoms with E-state index in [0.29, 0.717) is 25.9 Å². The van der Waals surface area contributed by atoms with Crippen molar-refractivity contribution in [2.24, 2.45) is 0 Å². The molecule has 0 aliphatic carbocycles. The van der Waals surface area contributed by atoms with Gasteiger partial charge in [0, 0.05) is 31.3 Å². The number of carboxylic acid groups (broad SMARTS) is 1. The predicted octanol–water partition coefficient (Wildman–Crippen LogP) is 6.85. The van der Waals surface area contributed by atoms with Crippen LogP contribution in [-0.2, 0) is 17.6 Å². The molecule has 0 radical (unpaired) electrons. The van der Waals surface area contributed by atoms with Gasteiger partial charge in [0.25, 0.3) is 0 Å². The van der Waals surface area contributed by atoms with E-state index in [4.69, 9.17) is 4.74 Å². The number of benzene rings is 3. The van der Waals surface area contributed by atoms with Crippen LogP contribution in [0, 0.1) is 13.8 Å². The standard InChI is InChI=1S/C32H32N2O4S/c1-21-8-3-14-28(22(21)2)38-17-7-15-31(35)34-16-6-12-25-26(11-5-13-27(25)34)29-20-33-30(39-29)19-23-9-4-10-24(18-23)32(36)37/h3-5,8-11,13-14,18,20H,6-7,12,15-17,19H2,1-2H3,(H,36,37). The van der Waals surface area contributed by atoms with E-state index in [-0.39, 0.29) is 11.5 Å². The number of anilines is 1. The van der Waals surface area contributed by atoms with Gasteiger partial charge in [0.2, 0.25) is 5.91 Å². The minimum Gasteiger partial charge on any atom is -0.493 e. The molecule has 2 heterocycles. The number of hydrogen-bond acceptors (Lipinski definition) is 5. The summed E-state index contributed by atoms with van der Waals surface area (Å²) in [6.07, 6.45) is 5.41. The third kappa shape index (κ3) is 6.04. The zero-order valence-electron chi connectivity index (χ0n) is 22.3. The summed E-state index contributed by atoms with van der Waals surface area (Å²) in [7, 11) is 0. The highest BCUT2D eigenvalue weighted by Gasteiger charge is 2.25. The van der Waals surface area contributed by atoms with E-state index in [2.05, 4.69) is 31.0 Å². The number of hydrogen-bond donors (Lipinski definition) is 1. The van der Waals surface area contributed by atoms with Crippen molar-refractivity contribution in [1.82, 2.24) is 4.98 Å². The molecule has 5 rings (SSSR count). The highest BCUT2D eigenvalue weighted by Crippen LogP contribution is 2.38. The first-order chi connectivity index (χ1) is 18.9. The van der Waals surface area contributed by atoms with Crippen molar-refractivity contribution < 1.29 is 19.4 Å². The molecule has 3 aromatic carbocycles. The normalized spacial score (nSPS) is 12.7. The zero-order valence-corrected chi connectivity index (χ0v) is 23.1. The van der Waals surface area contributed by atoms with Crippen LogP contribution in [0.25, 0.3) is 10.4 Å². The van der Waals surface area contributed by atoms with E-state index in [1.807, 2.05) is 41.4 Å². The molecule has 39 heavy (non-hydrogen) atoms. The molecular weight excluding hydrogens is 508 g/mol. The number of amides is 1. The average Bonchev–Trinajstić information content (AvgIpc) is 3.40. The highest BCUT2D eigenvalue weighted by atomic mass is 32.1. The van der Waals surface area contributed by atoms with Gasteiger partial charge >= 0.3 is 5.97 Å². The molecule has 6 nitrogen and oxygen atoms in total. The molecule has 1 aliphatic heterocycles. The van der Waals surface area contributed by atoms with Crippen LogP contribution in [0.15, 0.2) is 66.9 Å². The summed E-state index contributed by atoms with van der Waals surface area (Å²) in [6.45, 7) is 5.36. The molecule has 0 spiro atoms. The van der Waals surface area contributed by atoms with E-state index in [0.717, 1.165) is 57.4 Å². The number of carboxylic acids is 1. The van der Waals surface area contributed by atoms with E-state index in [1.165, 1.54) is 11.1 Å². The molecule has 0 unspecified atom stereocenters. The van der Waals surface area contributed by atoms with Crippen molar-refractivity contribution in [3.05, 3.63) is 99.7 Å². The van der Waals surface area contributed by atoms with E-state index in [1.54, 1.807) is 29.5 Å². The van der Waals surface area contributed by atoms with Crippen molar-refractivity contribution in [2.75, 3.05) is 18.1 Å². The lowest BCUT2D eigenvalue weighted by atomic mass is 9.95. The van der Waals surface area contributed by atoms with Gasteiger partial charge in [-0.15, -0.1) is 11.3 Å². The number of thiazole rings is 1. The highest BCUT2D eigenvalue weighted by molar-refractivity contribution is 7.15. The third-order valence-corrected chi connectivity index (χ3v) is 8.28. The van der Waals surface area contributed by atoms with Crippen molar-refractivity contribution in [2.45, 2.75) is 46.0 Å². The third-order valence-electron chi connectivity index (χ3n) is 7.25. The van der Waals surface area contributed by atoms with Gasteiger partial charge in [-0.25, -0.2) is 9.78 Å². The number of rotatable bonds is 9. The maximum absolute atomic E-state index is 13.2. The quantitative estimate of drug-likeness (QED) is 0.235. The van der Waals surface area contributed by atoms with Gasteiger partial charge in [-0.3, -0.25) is 4.79 Å². The van der Waals surface area contributed by atoms with Crippen LogP contribution >= 0.6 is 11.3 Å². The van der Waals surface area contributed by atoms with Crippen molar-refractivity contribution in [3.63, 3.8) is 0 Å². The minimum atomic E-state index is -0.930. The lowest BCUT2D eigenvalue weighted by Crippen LogP contribution is -2.35. The van der Waals surface area contributed by atoms with Gasteiger partial charge in [-0.05, 0) is 85.2 Å². The van der Waals surface area contributed by atoms with E-state index < -0.39 is 5.97 Å². The first-order valence-corrected chi connectivity index (χ1v) is 14.1. The van der Waals surface area contributed by atoms with Crippen LogP contribution in [0.5, 0.6) is 5.75 Å². The molecule has 4 aromatic rings. The Morgan fingerprint density at radius 2 is 1.90 bits per heavy atom. The Morgan fingerprint density at radius 3 is 2.74 bits per heavy atom. The van der Waals surface area contributed by atoms with Crippen LogP contribution in [0.3, 0.4) is 0 Å². The second kappa shape index (κ2) is 11.8. The largest absolute Gasteiger partial charge is 0.493 e. The molecule has 0 saturated heterocycles. The van der Waals surface area contributed by atoms with E-state index in [9.17, 15) is 14.7 Å². The zero-order chi connectivity index (χ0) is 27.4. The maximum atomic E-state index is 13.2. The minimum absolute atomic E-state index is 0.126. The van der Waals surface area contributed by atoms with Crippen LogP contribution in [0.1, 0.15) is 56.9 Å². The van der Waals surface area contributed by atoms with Crippen molar-refractivity contribution in [1.29, 1.82) is 0 Å². The van der Waals surface area contributed by atoms with Crippen molar-refractivity contribution in [3.8, 4) is 16.2 Å². The number of nitrogens with zero attached hydrogens (tertiary/aromatic N) is 2. The summed E-state index contributed by atoms with van der Waals surface area (Å²) in [4.78, 5) is 32.2. The Kier molecular flexibility index (Phi) is 8.07. The van der Waals surface area contributed by atoms with Gasteiger partial charge in [0.05, 0.1) is 22.1 Å². The summed E-state index contributed by atoms with van der Waals surface area (Å²) in [5.74, 6) is 0.0792. The van der Waals surface area contributed by atoms with Crippen molar-refractivity contribution >= 4 is 28.9 Å². The topological polar surface area (TPSA) is 79.7 Å². The Bertz CT molecular complexity index is 1510. The van der Waals surface area contributed by atoms with Gasteiger partial charge in [0.1, 0.15) is 5.75 Å². The number of carbonyl (C=O) groups is 2. The molecule has 0 atom stereocenters. The van der Waals surface area contributed by atoms with E-state index >= 15 is 0 Å². The summed E-state index contributed by atoms with van der Waals surface area (Å²) in [5, 5.41) is 10.2. The number of fused-ring (bicyclic) bond motifs is 1.